The van der Waals surface area contributed by atoms with Gasteiger partial charge < -0.3 is 5.32 Å². The van der Waals surface area contributed by atoms with Gasteiger partial charge in [0.1, 0.15) is 0 Å². The molecule has 0 heterocycles. The lowest BCUT2D eigenvalue weighted by Gasteiger charge is -2.01. The third kappa shape index (κ3) is 6.54. The molecule has 1 nitrogen and oxygen atoms in total. The monoisotopic (exact) mass is 157 g/mol. The molecule has 0 fully saturated rings. The molecule has 52 valence electrons. The summed E-state index contributed by atoms with van der Waals surface area (Å²) in [7, 11) is 1.91. The van der Waals surface area contributed by atoms with Gasteiger partial charge in [0.2, 0.25) is 0 Å². The van der Waals surface area contributed by atoms with Gasteiger partial charge in [-0.3, -0.25) is 0 Å². The molecule has 1 atom stereocenters. The predicted molar refractivity (Wildman–Crippen MR) is 41.1 cm³/mol. The van der Waals surface area contributed by atoms with E-state index < -0.39 is 0 Å². The molecule has 8 heavy (non-hydrogen) atoms. The Morgan fingerprint density at radius 2 is 2.12 bits per heavy atom. The van der Waals surface area contributed by atoms with Crippen molar-refractivity contribution < 1.29 is 0 Å². The van der Waals surface area contributed by atoms with Crippen LogP contribution in [-0.2, 0) is 0 Å². The number of alkyl halides is 1. The van der Waals surface area contributed by atoms with Crippen LogP contribution >= 0.6 is 24.0 Å². The summed E-state index contributed by atoms with van der Waals surface area (Å²) in [4.78, 5) is 0. The van der Waals surface area contributed by atoms with Gasteiger partial charge in [0.05, 0.1) is 0 Å². The molecule has 0 saturated carbocycles. The maximum atomic E-state index is 5.70. The van der Waals surface area contributed by atoms with Crippen LogP contribution in [-0.4, -0.2) is 19.0 Å². The molecule has 0 aromatic rings. The Balaban J connectivity index is 0. The minimum absolute atomic E-state index is 0. The number of hydrogen-bond acceptors (Lipinski definition) is 1. The lowest BCUT2D eigenvalue weighted by Crippen LogP contribution is -2.17. The summed E-state index contributed by atoms with van der Waals surface area (Å²) in [6.45, 7) is 2.99. The van der Waals surface area contributed by atoms with Crippen LogP contribution in [0.5, 0.6) is 0 Å². The predicted octanol–water partition coefficient (Wildman–Crippen LogP) is 1.64. The van der Waals surface area contributed by atoms with Crippen molar-refractivity contribution in [3.05, 3.63) is 0 Å². The van der Waals surface area contributed by atoms with E-state index in [2.05, 4.69) is 12.2 Å². The smallest absolute Gasteiger partial charge is 0.0457 e. The minimum Gasteiger partial charge on any atom is -0.318 e. The van der Waals surface area contributed by atoms with Crippen molar-refractivity contribution in [3.8, 4) is 0 Å². The number of halogens is 2. The van der Waals surface area contributed by atoms with E-state index in [1.165, 1.54) is 0 Å². The molecule has 1 N–H and O–H groups in total. The fourth-order valence-electron chi connectivity index (χ4n) is 0.366. The molecule has 0 bridgehead atoms. The van der Waals surface area contributed by atoms with Gasteiger partial charge in [-0.05, 0) is 13.5 Å². The van der Waals surface area contributed by atoms with E-state index in [4.69, 9.17) is 11.6 Å². The SMILES string of the molecule is CCC(Cl)CNC.Cl. The first kappa shape index (κ1) is 11.4. The van der Waals surface area contributed by atoms with E-state index in [9.17, 15) is 0 Å². The molecule has 0 radical (unpaired) electrons. The van der Waals surface area contributed by atoms with Gasteiger partial charge in [-0.2, -0.15) is 0 Å². The molecular weight excluding hydrogens is 145 g/mol. The van der Waals surface area contributed by atoms with E-state index >= 15 is 0 Å². The Kier molecular flexibility index (Phi) is 10.7. The highest BCUT2D eigenvalue weighted by molar-refractivity contribution is 6.20. The van der Waals surface area contributed by atoms with Crippen molar-refractivity contribution in [3.63, 3.8) is 0 Å². The van der Waals surface area contributed by atoms with Crippen molar-refractivity contribution in [1.29, 1.82) is 0 Å². The van der Waals surface area contributed by atoms with Crippen molar-refractivity contribution >= 4 is 24.0 Å². The fraction of sp³-hybridized carbons (Fsp3) is 1.00. The van der Waals surface area contributed by atoms with E-state index in [1.54, 1.807) is 0 Å². The van der Waals surface area contributed by atoms with Crippen LogP contribution in [0.2, 0.25) is 0 Å². The Bertz CT molecular complexity index is 41.4. The third-order valence-electron chi connectivity index (χ3n) is 0.869. The Hall–Kier alpha value is 0.540. The van der Waals surface area contributed by atoms with Crippen molar-refractivity contribution in [1.82, 2.24) is 5.32 Å². The van der Waals surface area contributed by atoms with Crippen LogP contribution < -0.4 is 5.32 Å². The van der Waals surface area contributed by atoms with Crippen LogP contribution in [0, 0.1) is 0 Å². The molecule has 0 aliphatic carbocycles. The zero-order valence-corrected chi connectivity index (χ0v) is 6.85. The molecule has 0 spiro atoms. The highest BCUT2D eigenvalue weighted by atomic mass is 35.5. The van der Waals surface area contributed by atoms with E-state index in [-0.39, 0.29) is 12.4 Å². The molecule has 3 heteroatoms. The summed E-state index contributed by atoms with van der Waals surface area (Å²) in [5, 5.41) is 3.30. The quantitative estimate of drug-likeness (QED) is 0.615. The topological polar surface area (TPSA) is 12.0 Å². The number of nitrogens with one attached hydrogen (secondary N) is 1. The van der Waals surface area contributed by atoms with Crippen molar-refractivity contribution in [2.45, 2.75) is 18.7 Å². The molecule has 0 amide bonds. The first-order chi connectivity index (χ1) is 3.31. The van der Waals surface area contributed by atoms with E-state index in [0.717, 1.165) is 13.0 Å². The van der Waals surface area contributed by atoms with Crippen LogP contribution in [0.4, 0.5) is 0 Å². The molecule has 0 rings (SSSR count). The van der Waals surface area contributed by atoms with Crippen LogP contribution in [0.15, 0.2) is 0 Å². The maximum Gasteiger partial charge on any atom is 0.0457 e. The van der Waals surface area contributed by atoms with Crippen LogP contribution in [0.3, 0.4) is 0 Å². The second kappa shape index (κ2) is 7.54. The molecular formula is C5H13Cl2N. The highest BCUT2D eigenvalue weighted by Crippen LogP contribution is 1.96. The molecule has 1 unspecified atom stereocenters. The second-order valence-corrected chi connectivity index (χ2v) is 2.18. The zero-order chi connectivity index (χ0) is 5.70. The number of hydrogen-bond donors (Lipinski definition) is 1. The fourth-order valence-corrected chi connectivity index (χ4v) is 0.520. The summed E-state index contributed by atoms with van der Waals surface area (Å²) in [5.74, 6) is 0. The summed E-state index contributed by atoms with van der Waals surface area (Å²) in [5.41, 5.74) is 0. The van der Waals surface area contributed by atoms with Crippen molar-refractivity contribution in [2.24, 2.45) is 0 Å². The van der Waals surface area contributed by atoms with Gasteiger partial charge in [0, 0.05) is 11.9 Å². The van der Waals surface area contributed by atoms with E-state index in [1.807, 2.05) is 7.05 Å². The lowest BCUT2D eigenvalue weighted by atomic mass is 10.3. The van der Waals surface area contributed by atoms with Gasteiger partial charge in [-0.1, -0.05) is 6.92 Å². The summed E-state index contributed by atoms with van der Waals surface area (Å²) in [6.07, 6.45) is 1.04. The van der Waals surface area contributed by atoms with Crippen LogP contribution in [0.25, 0.3) is 0 Å². The van der Waals surface area contributed by atoms with Gasteiger partial charge in [-0.25, -0.2) is 0 Å². The zero-order valence-electron chi connectivity index (χ0n) is 5.28. The average molecular weight is 158 g/mol. The summed E-state index contributed by atoms with van der Waals surface area (Å²) < 4.78 is 0. The largest absolute Gasteiger partial charge is 0.318 e. The molecule has 0 aromatic heterocycles. The number of rotatable bonds is 3. The molecule has 0 aromatic carbocycles. The van der Waals surface area contributed by atoms with Gasteiger partial charge in [-0.15, -0.1) is 24.0 Å². The minimum atomic E-state index is 0. The van der Waals surface area contributed by atoms with Gasteiger partial charge in [0.15, 0.2) is 0 Å². The maximum absolute atomic E-state index is 5.70. The van der Waals surface area contributed by atoms with Gasteiger partial charge >= 0.3 is 0 Å². The van der Waals surface area contributed by atoms with Crippen LogP contribution in [0.1, 0.15) is 13.3 Å². The van der Waals surface area contributed by atoms with Crippen molar-refractivity contribution in [2.75, 3.05) is 13.6 Å². The molecule has 0 aliphatic rings. The lowest BCUT2D eigenvalue weighted by molar-refractivity contribution is 0.719. The molecule has 0 aliphatic heterocycles. The standard InChI is InChI=1S/C5H12ClN.ClH/c1-3-5(6)4-7-2;/h5,7H,3-4H2,1-2H3;1H. The average Bonchev–Trinajstić information content (AvgIpc) is 1.68. The first-order valence-corrected chi connectivity index (χ1v) is 3.03. The Morgan fingerprint density at radius 1 is 1.62 bits per heavy atom. The first-order valence-electron chi connectivity index (χ1n) is 2.60. The normalized spacial score (nSPS) is 12.4. The third-order valence-corrected chi connectivity index (χ3v) is 1.33. The Morgan fingerprint density at radius 3 is 2.25 bits per heavy atom. The molecule has 0 saturated heterocycles. The van der Waals surface area contributed by atoms with Gasteiger partial charge in [0.25, 0.3) is 0 Å². The second-order valence-electron chi connectivity index (χ2n) is 1.56. The van der Waals surface area contributed by atoms with E-state index in [0.29, 0.717) is 5.38 Å². The summed E-state index contributed by atoms with van der Waals surface area (Å²) >= 11 is 5.70. The summed E-state index contributed by atoms with van der Waals surface area (Å²) in [6, 6.07) is 0. The Labute approximate surface area is 62.2 Å². The highest BCUT2D eigenvalue weighted by Gasteiger charge is 1.94.